The fourth-order valence-electron chi connectivity index (χ4n) is 1.73. The zero-order chi connectivity index (χ0) is 12.2. The molecule has 0 aliphatic heterocycles. The molecule has 0 heterocycles. The molecule has 90 valence electrons. The van der Waals surface area contributed by atoms with Crippen molar-refractivity contribution in [2.75, 3.05) is 13.6 Å². The van der Waals surface area contributed by atoms with Crippen LogP contribution in [0.4, 0.5) is 0 Å². The molecule has 1 atom stereocenters. The summed E-state index contributed by atoms with van der Waals surface area (Å²) < 4.78 is 0. The van der Waals surface area contributed by atoms with Gasteiger partial charge in [0.2, 0.25) is 0 Å². The maximum atomic E-state index is 6.13. The maximum absolute atomic E-state index is 6.13. The van der Waals surface area contributed by atoms with E-state index in [1.54, 1.807) is 0 Å². The van der Waals surface area contributed by atoms with Gasteiger partial charge in [-0.25, -0.2) is 0 Å². The molecular formula is C13H21ClN2. The molecule has 1 aromatic rings. The Morgan fingerprint density at radius 2 is 2.12 bits per heavy atom. The van der Waals surface area contributed by atoms with Crippen molar-refractivity contribution in [3.05, 3.63) is 34.9 Å². The number of nitrogens with two attached hydrogens (primary N) is 1. The van der Waals surface area contributed by atoms with Gasteiger partial charge in [0.1, 0.15) is 0 Å². The lowest BCUT2D eigenvalue weighted by molar-refractivity contribution is 0.246. The van der Waals surface area contributed by atoms with Crippen molar-refractivity contribution in [2.45, 2.75) is 32.4 Å². The van der Waals surface area contributed by atoms with Gasteiger partial charge in [-0.05, 0) is 38.1 Å². The van der Waals surface area contributed by atoms with Gasteiger partial charge in [-0.1, -0.05) is 30.7 Å². The van der Waals surface area contributed by atoms with Gasteiger partial charge in [0, 0.05) is 23.7 Å². The van der Waals surface area contributed by atoms with Crippen molar-refractivity contribution in [1.82, 2.24) is 4.90 Å². The lowest BCUT2D eigenvalue weighted by atomic mass is 10.00. The first-order valence-corrected chi connectivity index (χ1v) is 6.02. The average molecular weight is 241 g/mol. The van der Waals surface area contributed by atoms with E-state index in [2.05, 4.69) is 31.9 Å². The topological polar surface area (TPSA) is 29.3 Å². The van der Waals surface area contributed by atoms with E-state index in [9.17, 15) is 0 Å². The highest BCUT2D eigenvalue weighted by Gasteiger charge is 2.17. The lowest BCUT2D eigenvalue weighted by Crippen LogP contribution is -2.45. The molecule has 0 saturated carbocycles. The number of rotatable bonds is 5. The summed E-state index contributed by atoms with van der Waals surface area (Å²) in [6, 6.07) is 7.96. The van der Waals surface area contributed by atoms with Crippen LogP contribution in [0.1, 0.15) is 25.8 Å². The molecular weight excluding hydrogens is 220 g/mol. The molecule has 1 aromatic carbocycles. The first-order valence-electron chi connectivity index (χ1n) is 5.65. The number of hydrogen-bond donors (Lipinski definition) is 1. The van der Waals surface area contributed by atoms with E-state index >= 15 is 0 Å². The molecule has 0 aliphatic rings. The van der Waals surface area contributed by atoms with Crippen molar-refractivity contribution < 1.29 is 0 Å². The van der Waals surface area contributed by atoms with Crippen LogP contribution in [0.2, 0.25) is 5.02 Å². The molecule has 0 radical (unpaired) electrons. The molecule has 16 heavy (non-hydrogen) atoms. The van der Waals surface area contributed by atoms with Crippen LogP contribution >= 0.6 is 11.6 Å². The number of benzene rings is 1. The molecule has 2 N–H and O–H groups in total. The van der Waals surface area contributed by atoms with Crippen LogP contribution < -0.4 is 5.73 Å². The van der Waals surface area contributed by atoms with Gasteiger partial charge in [0.25, 0.3) is 0 Å². The fourth-order valence-corrected chi connectivity index (χ4v) is 1.94. The van der Waals surface area contributed by atoms with Gasteiger partial charge >= 0.3 is 0 Å². The zero-order valence-electron chi connectivity index (χ0n) is 10.3. The second kappa shape index (κ2) is 5.67. The van der Waals surface area contributed by atoms with E-state index in [1.165, 1.54) is 5.56 Å². The van der Waals surface area contributed by atoms with Crippen LogP contribution in [0.15, 0.2) is 24.3 Å². The molecule has 0 bridgehead atoms. The molecule has 3 heteroatoms. The van der Waals surface area contributed by atoms with Crippen molar-refractivity contribution in [3.8, 4) is 0 Å². The second-order valence-corrected chi connectivity index (χ2v) is 5.25. The minimum absolute atomic E-state index is 0.118. The van der Waals surface area contributed by atoms with E-state index in [0.717, 1.165) is 24.5 Å². The van der Waals surface area contributed by atoms with E-state index in [-0.39, 0.29) is 5.54 Å². The van der Waals surface area contributed by atoms with Crippen molar-refractivity contribution >= 4 is 11.6 Å². The Bertz CT molecular complexity index is 336. The summed E-state index contributed by atoms with van der Waals surface area (Å²) in [7, 11) is 2.08. The fraction of sp³-hybridized carbons (Fsp3) is 0.538. The largest absolute Gasteiger partial charge is 0.324 e. The standard InChI is InChI=1S/C13H21ClN2/c1-4-13(2,15)10-16(3)9-11-6-5-7-12(14)8-11/h5-8H,4,9-10,15H2,1-3H3. The Morgan fingerprint density at radius 3 is 2.69 bits per heavy atom. The Hall–Kier alpha value is -0.570. The van der Waals surface area contributed by atoms with E-state index in [4.69, 9.17) is 17.3 Å². The third-order valence-electron chi connectivity index (χ3n) is 2.78. The Balaban J connectivity index is 2.55. The minimum Gasteiger partial charge on any atom is -0.324 e. The monoisotopic (exact) mass is 240 g/mol. The summed E-state index contributed by atoms with van der Waals surface area (Å²) in [5.41, 5.74) is 7.24. The summed E-state index contributed by atoms with van der Waals surface area (Å²) >= 11 is 5.95. The third kappa shape index (κ3) is 4.52. The van der Waals surface area contributed by atoms with Crippen LogP contribution in [-0.4, -0.2) is 24.0 Å². The predicted octanol–water partition coefficient (Wildman–Crippen LogP) is 2.90. The molecule has 1 rings (SSSR count). The number of nitrogens with zero attached hydrogens (tertiary/aromatic N) is 1. The lowest BCUT2D eigenvalue weighted by Gasteiger charge is -2.29. The van der Waals surface area contributed by atoms with Gasteiger partial charge < -0.3 is 10.6 Å². The van der Waals surface area contributed by atoms with Crippen LogP contribution in [-0.2, 0) is 6.54 Å². The summed E-state index contributed by atoms with van der Waals surface area (Å²) in [6.45, 7) is 5.97. The molecule has 0 fully saturated rings. The van der Waals surface area contributed by atoms with Crippen molar-refractivity contribution in [3.63, 3.8) is 0 Å². The Labute approximate surface area is 103 Å². The molecule has 2 nitrogen and oxygen atoms in total. The molecule has 0 aromatic heterocycles. The van der Waals surface area contributed by atoms with Gasteiger partial charge in [-0.3, -0.25) is 0 Å². The smallest absolute Gasteiger partial charge is 0.0409 e. The first kappa shape index (κ1) is 13.5. The highest BCUT2D eigenvalue weighted by Crippen LogP contribution is 2.14. The normalized spacial score (nSPS) is 15.1. The van der Waals surface area contributed by atoms with Gasteiger partial charge in [-0.15, -0.1) is 0 Å². The van der Waals surface area contributed by atoms with Crippen molar-refractivity contribution in [1.29, 1.82) is 0 Å². The molecule has 0 aliphatic carbocycles. The molecule has 0 saturated heterocycles. The summed E-state index contributed by atoms with van der Waals surface area (Å²) in [4.78, 5) is 2.23. The highest BCUT2D eigenvalue weighted by atomic mass is 35.5. The Morgan fingerprint density at radius 1 is 1.44 bits per heavy atom. The molecule has 0 spiro atoms. The van der Waals surface area contributed by atoms with E-state index in [0.29, 0.717) is 0 Å². The highest BCUT2D eigenvalue weighted by molar-refractivity contribution is 6.30. The van der Waals surface area contributed by atoms with Crippen LogP contribution in [0.3, 0.4) is 0 Å². The predicted molar refractivity (Wildman–Crippen MR) is 70.7 cm³/mol. The van der Waals surface area contributed by atoms with Gasteiger partial charge in [-0.2, -0.15) is 0 Å². The maximum Gasteiger partial charge on any atom is 0.0409 e. The van der Waals surface area contributed by atoms with Crippen LogP contribution in [0.5, 0.6) is 0 Å². The minimum atomic E-state index is -0.118. The number of likely N-dealkylation sites (N-methyl/N-ethyl adjacent to an activating group) is 1. The molecule has 1 unspecified atom stereocenters. The third-order valence-corrected chi connectivity index (χ3v) is 3.02. The summed E-state index contributed by atoms with van der Waals surface area (Å²) in [5, 5.41) is 0.789. The molecule has 0 amide bonds. The van der Waals surface area contributed by atoms with Gasteiger partial charge in [0.05, 0.1) is 0 Å². The quantitative estimate of drug-likeness (QED) is 0.858. The summed E-state index contributed by atoms with van der Waals surface area (Å²) in [6.07, 6.45) is 0.979. The second-order valence-electron chi connectivity index (χ2n) is 4.81. The zero-order valence-corrected chi connectivity index (χ0v) is 11.1. The van der Waals surface area contributed by atoms with Crippen molar-refractivity contribution in [2.24, 2.45) is 5.73 Å². The average Bonchev–Trinajstić information content (AvgIpc) is 2.16. The van der Waals surface area contributed by atoms with Crippen LogP contribution in [0, 0.1) is 0 Å². The number of hydrogen-bond acceptors (Lipinski definition) is 2. The SMILES string of the molecule is CCC(C)(N)CN(C)Cc1cccc(Cl)c1. The Kier molecular flexibility index (Phi) is 4.78. The number of halogens is 1. The summed E-state index contributed by atoms with van der Waals surface area (Å²) in [5.74, 6) is 0. The van der Waals surface area contributed by atoms with E-state index in [1.807, 2.05) is 18.2 Å². The van der Waals surface area contributed by atoms with Gasteiger partial charge in [0.15, 0.2) is 0 Å². The first-order chi connectivity index (χ1) is 7.43. The van der Waals surface area contributed by atoms with Crippen LogP contribution in [0.25, 0.3) is 0 Å². The van der Waals surface area contributed by atoms with E-state index < -0.39 is 0 Å².